The largest absolute Gasteiger partial charge is 0.506 e. The van der Waals surface area contributed by atoms with Crippen molar-refractivity contribution in [3.63, 3.8) is 0 Å². The van der Waals surface area contributed by atoms with Crippen LogP contribution in [-0.4, -0.2) is 10.1 Å². The Hall–Kier alpha value is -1.57. The van der Waals surface area contributed by atoms with Crippen LogP contribution in [0.1, 0.15) is 25.1 Å². The first kappa shape index (κ1) is 9.97. The van der Waals surface area contributed by atoms with Gasteiger partial charge in [0, 0.05) is 11.1 Å². The zero-order chi connectivity index (χ0) is 10.8. The molecule has 0 aliphatic rings. The topological polar surface area (TPSA) is 33.1 Å². The van der Waals surface area contributed by atoms with Crippen LogP contribution in [-0.2, 0) is 12.8 Å². The number of rotatable bonds is 2. The Morgan fingerprint density at radius 1 is 1.20 bits per heavy atom. The minimum absolute atomic E-state index is 0.268. The summed E-state index contributed by atoms with van der Waals surface area (Å²) in [6, 6.07) is 7.65. The normalized spacial score (nSPS) is 10.8. The molecule has 0 unspecified atom stereocenters. The molecule has 2 heteroatoms. The van der Waals surface area contributed by atoms with Gasteiger partial charge in [0.25, 0.3) is 0 Å². The fourth-order valence-corrected chi connectivity index (χ4v) is 1.88. The van der Waals surface area contributed by atoms with Gasteiger partial charge in [-0.1, -0.05) is 26.0 Å². The molecule has 2 nitrogen and oxygen atoms in total. The highest BCUT2D eigenvalue weighted by atomic mass is 16.3. The molecule has 0 atom stereocenters. The number of fused-ring (bicyclic) bond motifs is 1. The van der Waals surface area contributed by atoms with Gasteiger partial charge in [0.15, 0.2) is 0 Å². The number of benzene rings is 1. The zero-order valence-electron chi connectivity index (χ0n) is 9.12. The fraction of sp³-hybridized carbons (Fsp3) is 0.308. The van der Waals surface area contributed by atoms with Gasteiger partial charge in [0.2, 0.25) is 0 Å². The molecule has 2 rings (SSSR count). The van der Waals surface area contributed by atoms with Crippen molar-refractivity contribution >= 4 is 10.9 Å². The third-order valence-electron chi connectivity index (χ3n) is 2.71. The molecule has 1 aromatic carbocycles. The zero-order valence-corrected chi connectivity index (χ0v) is 9.12. The smallest absolute Gasteiger partial charge is 0.141 e. The molecule has 0 saturated carbocycles. The van der Waals surface area contributed by atoms with E-state index in [4.69, 9.17) is 0 Å². The van der Waals surface area contributed by atoms with E-state index in [1.165, 1.54) is 5.56 Å². The summed E-state index contributed by atoms with van der Waals surface area (Å²) in [6.07, 6.45) is 1.90. The van der Waals surface area contributed by atoms with Crippen LogP contribution in [0.4, 0.5) is 0 Å². The van der Waals surface area contributed by atoms with Gasteiger partial charge in [-0.25, -0.2) is 4.98 Å². The Labute approximate surface area is 89.6 Å². The summed E-state index contributed by atoms with van der Waals surface area (Å²) >= 11 is 0. The molecule has 0 amide bonds. The number of hydrogen-bond donors (Lipinski definition) is 1. The van der Waals surface area contributed by atoms with Crippen molar-refractivity contribution in [2.24, 2.45) is 0 Å². The van der Waals surface area contributed by atoms with Gasteiger partial charge >= 0.3 is 0 Å². The number of phenols is 1. The highest BCUT2D eigenvalue weighted by Crippen LogP contribution is 2.24. The van der Waals surface area contributed by atoms with Gasteiger partial charge in [-0.05, 0) is 30.5 Å². The molecule has 0 aliphatic carbocycles. The number of aromatic hydroxyl groups is 1. The molecule has 0 bridgehead atoms. The second-order valence-corrected chi connectivity index (χ2v) is 3.65. The van der Waals surface area contributed by atoms with Crippen molar-refractivity contribution in [1.29, 1.82) is 0 Å². The summed E-state index contributed by atoms with van der Waals surface area (Å²) in [7, 11) is 0. The summed E-state index contributed by atoms with van der Waals surface area (Å²) < 4.78 is 0. The Morgan fingerprint density at radius 3 is 2.67 bits per heavy atom. The Kier molecular flexibility index (Phi) is 2.58. The molecule has 0 aliphatic heterocycles. The lowest BCUT2D eigenvalue weighted by molar-refractivity contribution is 0.480. The number of nitrogens with zero attached hydrogens (tertiary/aromatic N) is 1. The van der Waals surface area contributed by atoms with E-state index in [9.17, 15) is 5.11 Å². The highest BCUT2D eigenvalue weighted by molar-refractivity contribution is 5.84. The molecule has 1 aromatic heterocycles. The first-order valence-electron chi connectivity index (χ1n) is 5.36. The molecular formula is C13H15NO. The second kappa shape index (κ2) is 3.89. The molecule has 1 heterocycles. The van der Waals surface area contributed by atoms with E-state index >= 15 is 0 Å². The van der Waals surface area contributed by atoms with Crippen LogP contribution in [0.15, 0.2) is 24.3 Å². The van der Waals surface area contributed by atoms with Crippen LogP contribution in [0.25, 0.3) is 10.9 Å². The average molecular weight is 201 g/mol. The Balaban J connectivity index is 2.75. The molecular weight excluding hydrogens is 186 g/mol. The maximum atomic E-state index is 9.69. The maximum Gasteiger partial charge on any atom is 0.141 e. The van der Waals surface area contributed by atoms with Gasteiger partial charge in [-0.15, -0.1) is 0 Å². The molecule has 0 radical (unpaired) electrons. The predicted octanol–water partition coefficient (Wildman–Crippen LogP) is 3.07. The monoisotopic (exact) mass is 201 g/mol. The van der Waals surface area contributed by atoms with Gasteiger partial charge in [-0.2, -0.15) is 0 Å². The predicted molar refractivity (Wildman–Crippen MR) is 62.2 cm³/mol. The molecule has 0 saturated heterocycles. The minimum Gasteiger partial charge on any atom is -0.506 e. The first-order chi connectivity index (χ1) is 7.26. The molecule has 78 valence electrons. The van der Waals surface area contributed by atoms with E-state index in [1.807, 2.05) is 12.1 Å². The highest BCUT2D eigenvalue weighted by Gasteiger charge is 2.06. The van der Waals surface area contributed by atoms with Gasteiger partial charge < -0.3 is 5.11 Å². The van der Waals surface area contributed by atoms with Crippen molar-refractivity contribution in [2.45, 2.75) is 26.7 Å². The van der Waals surface area contributed by atoms with Gasteiger partial charge in [0.1, 0.15) is 11.3 Å². The van der Waals surface area contributed by atoms with Crippen molar-refractivity contribution in [1.82, 2.24) is 4.98 Å². The van der Waals surface area contributed by atoms with Crippen molar-refractivity contribution in [3.05, 3.63) is 35.5 Å². The van der Waals surface area contributed by atoms with E-state index in [0.29, 0.717) is 5.52 Å². The third-order valence-corrected chi connectivity index (χ3v) is 2.71. The van der Waals surface area contributed by atoms with Gasteiger partial charge in [0.05, 0.1) is 0 Å². The minimum atomic E-state index is 0.268. The SMILES string of the molecule is CCc1cc2cccc(O)c2nc1CC. The number of phenolic OH excluding ortho intramolecular Hbond substituents is 1. The van der Waals surface area contributed by atoms with E-state index in [2.05, 4.69) is 24.9 Å². The van der Waals surface area contributed by atoms with E-state index in [-0.39, 0.29) is 5.75 Å². The Morgan fingerprint density at radius 2 is 2.00 bits per heavy atom. The maximum absolute atomic E-state index is 9.69. The average Bonchev–Trinajstić information content (AvgIpc) is 2.28. The third kappa shape index (κ3) is 1.67. The lowest BCUT2D eigenvalue weighted by Crippen LogP contribution is -1.96. The lowest BCUT2D eigenvalue weighted by Gasteiger charge is -2.08. The van der Waals surface area contributed by atoms with Crippen LogP contribution in [0.3, 0.4) is 0 Å². The molecule has 15 heavy (non-hydrogen) atoms. The van der Waals surface area contributed by atoms with Crippen molar-refractivity contribution in [2.75, 3.05) is 0 Å². The summed E-state index contributed by atoms with van der Waals surface area (Å²) in [6.45, 7) is 4.22. The summed E-state index contributed by atoms with van der Waals surface area (Å²) in [5.74, 6) is 0.268. The van der Waals surface area contributed by atoms with Crippen LogP contribution in [0.5, 0.6) is 5.75 Å². The molecule has 2 aromatic rings. The van der Waals surface area contributed by atoms with Crippen LogP contribution < -0.4 is 0 Å². The number of para-hydroxylation sites is 1. The Bertz CT molecular complexity index is 491. The molecule has 1 N–H and O–H groups in total. The molecule has 0 fully saturated rings. The second-order valence-electron chi connectivity index (χ2n) is 3.65. The standard InChI is InChI=1S/C13H15NO/c1-3-9-8-10-6-5-7-12(15)13(10)14-11(9)4-2/h5-8,15H,3-4H2,1-2H3. The van der Waals surface area contributed by atoms with Crippen LogP contribution in [0.2, 0.25) is 0 Å². The summed E-state index contributed by atoms with van der Waals surface area (Å²) in [4.78, 5) is 4.51. The van der Waals surface area contributed by atoms with Crippen LogP contribution >= 0.6 is 0 Å². The van der Waals surface area contributed by atoms with Crippen LogP contribution in [0, 0.1) is 0 Å². The first-order valence-corrected chi connectivity index (χ1v) is 5.36. The lowest BCUT2D eigenvalue weighted by atomic mass is 10.1. The van der Waals surface area contributed by atoms with Gasteiger partial charge in [-0.3, -0.25) is 0 Å². The molecule has 0 spiro atoms. The quantitative estimate of drug-likeness (QED) is 0.810. The fourth-order valence-electron chi connectivity index (χ4n) is 1.88. The van der Waals surface area contributed by atoms with Crippen molar-refractivity contribution < 1.29 is 5.11 Å². The van der Waals surface area contributed by atoms with E-state index in [0.717, 1.165) is 23.9 Å². The van der Waals surface area contributed by atoms with E-state index in [1.54, 1.807) is 6.07 Å². The van der Waals surface area contributed by atoms with E-state index < -0.39 is 0 Å². The summed E-state index contributed by atoms with van der Waals surface area (Å²) in [5.41, 5.74) is 3.08. The number of aryl methyl sites for hydroxylation is 2. The number of hydrogen-bond acceptors (Lipinski definition) is 2. The number of pyridine rings is 1. The summed E-state index contributed by atoms with van der Waals surface area (Å²) in [5, 5.41) is 10.7. The number of aromatic nitrogens is 1. The van der Waals surface area contributed by atoms with Crippen molar-refractivity contribution in [3.8, 4) is 5.75 Å².